The van der Waals surface area contributed by atoms with E-state index in [-0.39, 0.29) is 17.1 Å². The predicted molar refractivity (Wildman–Crippen MR) is 124 cm³/mol. The molecule has 1 heterocycles. The van der Waals surface area contributed by atoms with Gasteiger partial charge in [0.1, 0.15) is 0 Å². The molecule has 0 saturated heterocycles. The molecule has 158 valence electrons. The quantitative estimate of drug-likeness (QED) is 0.567. The fourth-order valence-corrected chi connectivity index (χ4v) is 5.13. The second-order valence-electron chi connectivity index (χ2n) is 9.26. The SMILES string of the molecule is COc1ccc(C2C3=C(CC(C)(C)CC3=O)Nc3c2ccc2ccccc32)cc1OC. The highest BCUT2D eigenvalue weighted by atomic mass is 16.5. The van der Waals surface area contributed by atoms with Crippen LogP contribution >= 0.6 is 0 Å². The molecule has 3 aromatic rings. The fraction of sp³-hybridized carbons (Fsp3) is 0.296. The Morgan fingerprint density at radius 3 is 2.48 bits per heavy atom. The molecule has 0 fully saturated rings. The average Bonchev–Trinajstić information content (AvgIpc) is 2.76. The van der Waals surface area contributed by atoms with Crippen LogP contribution in [0.1, 0.15) is 43.7 Å². The van der Waals surface area contributed by atoms with Gasteiger partial charge in [0.05, 0.1) is 19.9 Å². The molecule has 31 heavy (non-hydrogen) atoms. The Morgan fingerprint density at radius 2 is 1.71 bits per heavy atom. The Kier molecular flexibility index (Phi) is 4.54. The predicted octanol–water partition coefficient (Wildman–Crippen LogP) is 6.06. The van der Waals surface area contributed by atoms with E-state index in [0.717, 1.165) is 34.5 Å². The van der Waals surface area contributed by atoms with Crippen molar-refractivity contribution >= 4 is 22.2 Å². The number of hydrogen-bond donors (Lipinski definition) is 1. The summed E-state index contributed by atoms with van der Waals surface area (Å²) >= 11 is 0. The van der Waals surface area contributed by atoms with E-state index < -0.39 is 0 Å². The monoisotopic (exact) mass is 413 g/mol. The summed E-state index contributed by atoms with van der Waals surface area (Å²) in [6.45, 7) is 4.33. The van der Waals surface area contributed by atoms with Crippen LogP contribution in [0.4, 0.5) is 5.69 Å². The molecule has 3 aromatic carbocycles. The molecule has 1 atom stereocenters. The molecule has 4 heteroatoms. The van der Waals surface area contributed by atoms with E-state index in [1.165, 1.54) is 10.8 Å². The third-order valence-electron chi connectivity index (χ3n) is 6.50. The van der Waals surface area contributed by atoms with Crippen LogP contribution in [0.5, 0.6) is 11.5 Å². The summed E-state index contributed by atoms with van der Waals surface area (Å²) < 4.78 is 11.0. The van der Waals surface area contributed by atoms with Crippen LogP contribution in [-0.4, -0.2) is 20.0 Å². The number of carbonyl (C=O) groups is 1. The number of benzene rings is 3. The maximum absolute atomic E-state index is 13.4. The standard InChI is InChI=1S/C27H27NO3/c1-27(2)14-20-25(21(29)15-27)24(17-10-12-22(30-3)23(13-17)31-4)19-11-9-16-7-5-6-8-18(16)26(19)28-20/h5-13,24,28H,14-15H2,1-4H3. The van der Waals surface area contributed by atoms with Crippen molar-refractivity contribution in [3.8, 4) is 11.5 Å². The summed E-state index contributed by atoms with van der Waals surface area (Å²) in [4.78, 5) is 13.4. The highest BCUT2D eigenvalue weighted by Gasteiger charge is 2.41. The lowest BCUT2D eigenvalue weighted by atomic mass is 9.68. The van der Waals surface area contributed by atoms with Gasteiger partial charge in [-0.1, -0.05) is 56.3 Å². The number of Topliss-reactive ketones (excluding diaryl/α,β-unsaturated/α-hetero) is 1. The van der Waals surface area contributed by atoms with Crippen LogP contribution in [0, 0.1) is 5.41 Å². The Hall–Kier alpha value is -3.27. The third kappa shape index (κ3) is 3.18. The van der Waals surface area contributed by atoms with E-state index in [1.54, 1.807) is 14.2 Å². The van der Waals surface area contributed by atoms with Crippen molar-refractivity contribution in [2.45, 2.75) is 32.6 Å². The van der Waals surface area contributed by atoms with Crippen LogP contribution in [0.25, 0.3) is 10.8 Å². The van der Waals surface area contributed by atoms with Gasteiger partial charge in [0.25, 0.3) is 0 Å². The highest BCUT2D eigenvalue weighted by molar-refractivity contribution is 6.05. The van der Waals surface area contributed by atoms with E-state index in [0.29, 0.717) is 17.9 Å². The average molecular weight is 414 g/mol. The molecule has 1 unspecified atom stereocenters. The second-order valence-corrected chi connectivity index (χ2v) is 9.26. The molecule has 0 aromatic heterocycles. The summed E-state index contributed by atoms with van der Waals surface area (Å²) in [5, 5.41) is 6.04. The largest absolute Gasteiger partial charge is 0.493 e. The Labute approximate surface area is 182 Å². The second kappa shape index (κ2) is 7.16. The lowest BCUT2D eigenvalue weighted by Gasteiger charge is -2.40. The third-order valence-corrected chi connectivity index (χ3v) is 6.50. The molecular formula is C27H27NO3. The Morgan fingerprint density at radius 1 is 0.935 bits per heavy atom. The minimum Gasteiger partial charge on any atom is -0.493 e. The van der Waals surface area contributed by atoms with Gasteiger partial charge in [0, 0.05) is 29.0 Å². The van der Waals surface area contributed by atoms with Crippen LogP contribution in [-0.2, 0) is 4.79 Å². The van der Waals surface area contributed by atoms with Gasteiger partial charge < -0.3 is 14.8 Å². The molecule has 4 nitrogen and oxygen atoms in total. The van der Waals surface area contributed by atoms with Crippen LogP contribution in [0.2, 0.25) is 0 Å². The number of methoxy groups -OCH3 is 2. The number of allylic oxidation sites excluding steroid dienone is 2. The Bertz CT molecular complexity index is 1240. The number of ether oxygens (including phenoxy) is 2. The molecule has 1 N–H and O–H groups in total. The number of fused-ring (bicyclic) bond motifs is 3. The lowest BCUT2D eigenvalue weighted by Crippen LogP contribution is -2.33. The van der Waals surface area contributed by atoms with Crippen molar-refractivity contribution in [1.82, 2.24) is 0 Å². The number of nitrogens with one attached hydrogen (secondary N) is 1. The van der Waals surface area contributed by atoms with Crippen LogP contribution < -0.4 is 14.8 Å². The van der Waals surface area contributed by atoms with Gasteiger partial charge >= 0.3 is 0 Å². The molecule has 2 aliphatic rings. The molecule has 1 aliphatic carbocycles. The number of anilines is 1. The first-order valence-electron chi connectivity index (χ1n) is 10.7. The molecule has 1 aliphatic heterocycles. The maximum Gasteiger partial charge on any atom is 0.162 e. The first-order valence-corrected chi connectivity index (χ1v) is 10.7. The summed E-state index contributed by atoms with van der Waals surface area (Å²) in [5.74, 6) is 1.44. The first-order chi connectivity index (χ1) is 14.9. The zero-order valence-corrected chi connectivity index (χ0v) is 18.4. The summed E-state index contributed by atoms with van der Waals surface area (Å²) in [6, 6.07) is 18.7. The fourth-order valence-electron chi connectivity index (χ4n) is 5.13. The van der Waals surface area contributed by atoms with Gasteiger partial charge in [-0.2, -0.15) is 0 Å². The number of hydrogen-bond acceptors (Lipinski definition) is 4. The molecule has 0 radical (unpaired) electrons. The van der Waals surface area contributed by atoms with Gasteiger partial charge in [-0.25, -0.2) is 0 Å². The molecule has 5 rings (SSSR count). The van der Waals surface area contributed by atoms with Crippen molar-refractivity contribution in [2.75, 3.05) is 19.5 Å². The minimum absolute atomic E-state index is 0.0623. The van der Waals surface area contributed by atoms with Crippen molar-refractivity contribution in [3.05, 3.63) is 77.0 Å². The van der Waals surface area contributed by atoms with Crippen LogP contribution in [0.15, 0.2) is 65.9 Å². The minimum atomic E-state index is -0.140. The zero-order chi connectivity index (χ0) is 21.8. The number of carbonyl (C=O) groups excluding carboxylic acids is 1. The van der Waals surface area contributed by atoms with Crippen LogP contribution in [0.3, 0.4) is 0 Å². The number of rotatable bonds is 3. The van der Waals surface area contributed by atoms with Crippen molar-refractivity contribution in [2.24, 2.45) is 5.41 Å². The van der Waals surface area contributed by atoms with E-state index in [2.05, 4.69) is 55.6 Å². The van der Waals surface area contributed by atoms with E-state index in [9.17, 15) is 4.79 Å². The zero-order valence-electron chi connectivity index (χ0n) is 18.4. The van der Waals surface area contributed by atoms with Crippen molar-refractivity contribution in [1.29, 1.82) is 0 Å². The number of ketones is 1. The van der Waals surface area contributed by atoms with Crippen molar-refractivity contribution in [3.63, 3.8) is 0 Å². The smallest absolute Gasteiger partial charge is 0.162 e. The van der Waals surface area contributed by atoms with Gasteiger partial charge in [-0.15, -0.1) is 0 Å². The molecule has 0 bridgehead atoms. The first kappa shape index (κ1) is 19.7. The summed E-state index contributed by atoms with van der Waals surface area (Å²) in [6.07, 6.45) is 1.40. The van der Waals surface area contributed by atoms with Gasteiger partial charge in [-0.3, -0.25) is 4.79 Å². The molecule has 0 spiro atoms. The molecular weight excluding hydrogens is 386 g/mol. The maximum atomic E-state index is 13.4. The lowest BCUT2D eigenvalue weighted by molar-refractivity contribution is -0.118. The van der Waals surface area contributed by atoms with E-state index in [1.807, 2.05) is 18.2 Å². The topological polar surface area (TPSA) is 47.6 Å². The molecule has 0 amide bonds. The highest BCUT2D eigenvalue weighted by Crippen LogP contribution is 2.51. The van der Waals surface area contributed by atoms with E-state index >= 15 is 0 Å². The molecule has 0 saturated carbocycles. The van der Waals surface area contributed by atoms with Crippen molar-refractivity contribution < 1.29 is 14.3 Å². The van der Waals surface area contributed by atoms with E-state index in [4.69, 9.17) is 9.47 Å². The van der Waals surface area contributed by atoms with Gasteiger partial charge in [-0.05, 0) is 40.5 Å². The normalized spacial score (nSPS) is 19.5. The summed E-state index contributed by atoms with van der Waals surface area (Å²) in [5.41, 5.74) is 5.13. The van der Waals surface area contributed by atoms with Gasteiger partial charge in [0.15, 0.2) is 17.3 Å². The Balaban J connectivity index is 1.78. The summed E-state index contributed by atoms with van der Waals surface area (Å²) in [7, 11) is 3.28. The van der Waals surface area contributed by atoms with Gasteiger partial charge in [0.2, 0.25) is 0 Å².